The number of nitrogens with zero attached hydrogens (tertiary/aromatic N) is 1. The summed E-state index contributed by atoms with van der Waals surface area (Å²) in [4.78, 5) is 23.4. The van der Waals surface area contributed by atoms with E-state index in [9.17, 15) is 19.4 Å². The van der Waals surface area contributed by atoms with Crippen LogP contribution in [0.5, 0.6) is 0 Å². The lowest BCUT2D eigenvalue weighted by Crippen LogP contribution is -2.46. The van der Waals surface area contributed by atoms with Crippen LogP contribution >= 0.6 is 7.82 Å². The van der Waals surface area contributed by atoms with Gasteiger partial charge < -0.3 is 19.8 Å². The second kappa shape index (κ2) is 58.6. The van der Waals surface area contributed by atoms with Gasteiger partial charge >= 0.3 is 7.82 Å². The standard InChI is InChI=1S/C67H133N2O6P/c1-6-8-10-12-14-16-18-20-22-24-26-27-28-29-30-31-32-33-34-35-36-37-38-39-40-41-43-45-47-49-51-53-55-57-59-61-67(71)68-65(64-75-76(72,73)74-63-62-69(3,4)5)66(70)60-58-56-54-52-50-48-46-44-42-25-23-21-19-17-15-13-11-9-7-2/h18,20,24,26,65-66,70H,6-17,19,21-23,25,27-64H2,1-5H3,(H-,68,71,72,73)/p+1/b20-18-,26-24-. The number of hydrogen-bond acceptors (Lipinski definition) is 5. The second-order valence-electron chi connectivity index (χ2n) is 24.6. The monoisotopic (exact) mass is 1090 g/mol. The molecule has 0 spiro atoms. The third-order valence-corrected chi connectivity index (χ3v) is 16.7. The highest BCUT2D eigenvalue weighted by atomic mass is 31.2. The maximum atomic E-state index is 13.0. The Morgan fingerprint density at radius 1 is 0.447 bits per heavy atom. The zero-order valence-corrected chi connectivity index (χ0v) is 52.7. The molecule has 0 aromatic heterocycles. The van der Waals surface area contributed by atoms with E-state index in [2.05, 4.69) is 43.5 Å². The first kappa shape index (κ1) is 75.0. The fraction of sp³-hybridized carbons (Fsp3) is 0.925. The zero-order chi connectivity index (χ0) is 55.6. The number of likely N-dealkylation sites (N-methyl/N-ethyl adjacent to an activating group) is 1. The van der Waals surface area contributed by atoms with E-state index in [1.54, 1.807) is 0 Å². The Hall–Kier alpha value is -1.02. The van der Waals surface area contributed by atoms with Crippen molar-refractivity contribution >= 4 is 13.7 Å². The first-order chi connectivity index (χ1) is 37.0. The first-order valence-corrected chi connectivity index (χ1v) is 35.2. The summed E-state index contributed by atoms with van der Waals surface area (Å²) in [5, 5.41) is 14.1. The molecule has 0 aliphatic rings. The average molecular weight is 1090 g/mol. The Morgan fingerprint density at radius 2 is 0.750 bits per heavy atom. The quantitative estimate of drug-likeness (QED) is 0.0243. The van der Waals surface area contributed by atoms with Crippen molar-refractivity contribution in [1.29, 1.82) is 0 Å². The van der Waals surface area contributed by atoms with Gasteiger partial charge in [-0.15, -0.1) is 0 Å². The van der Waals surface area contributed by atoms with Crippen molar-refractivity contribution in [2.24, 2.45) is 0 Å². The van der Waals surface area contributed by atoms with E-state index in [-0.39, 0.29) is 19.1 Å². The fourth-order valence-electron chi connectivity index (χ4n) is 10.4. The van der Waals surface area contributed by atoms with Crippen molar-refractivity contribution < 1.29 is 32.9 Å². The number of carbonyl (C=O) groups excluding carboxylic acids is 1. The van der Waals surface area contributed by atoms with Gasteiger partial charge in [0.2, 0.25) is 5.91 Å². The number of allylic oxidation sites excluding steroid dienone is 4. The van der Waals surface area contributed by atoms with Crippen molar-refractivity contribution in [1.82, 2.24) is 5.32 Å². The van der Waals surface area contributed by atoms with Crippen LogP contribution in [0, 0.1) is 0 Å². The number of hydrogen-bond donors (Lipinski definition) is 3. The van der Waals surface area contributed by atoms with Crippen molar-refractivity contribution in [2.45, 2.75) is 360 Å². The molecule has 3 unspecified atom stereocenters. The Balaban J connectivity index is 3.95. The molecular weight excluding hydrogens is 960 g/mol. The molecule has 0 aliphatic heterocycles. The molecular formula is C67H134N2O6P+. The molecule has 76 heavy (non-hydrogen) atoms. The highest BCUT2D eigenvalue weighted by molar-refractivity contribution is 7.47. The van der Waals surface area contributed by atoms with Crippen molar-refractivity contribution in [3.8, 4) is 0 Å². The summed E-state index contributed by atoms with van der Waals surface area (Å²) in [6.07, 6.45) is 75.6. The number of rotatable bonds is 63. The molecule has 0 bridgehead atoms. The topological polar surface area (TPSA) is 105 Å². The van der Waals surface area contributed by atoms with Crippen LogP contribution < -0.4 is 5.32 Å². The molecule has 3 atom stereocenters. The summed E-state index contributed by atoms with van der Waals surface area (Å²) in [6.45, 7) is 4.93. The number of aliphatic hydroxyl groups excluding tert-OH is 1. The predicted octanol–water partition coefficient (Wildman–Crippen LogP) is 21.1. The lowest BCUT2D eigenvalue weighted by molar-refractivity contribution is -0.870. The number of carbonyl (C=O) groups is 1. The number of nitrogens with one attached hydrogen (secondary N) is 1. The van der Waals surface area contributed by atoms with E-state index in [1.165, 1.54) is 276 Å². The lowest BCUT2D eigenvalue weighted by Gasteiger charge is -2.26. The Morgan fingerprint density at radius 3 is 1.08 bits per heavy atom. The van der Waals surface area contributed by atoms with E-state index in [0.29, 0.717) is 23.9 Å². The van der Waals surface area contributed by atoms with Gasteiger partial charge in [0.25, 0.3) is 0 Å². The number of quaternary nitrogens is 1. The van der Waals surface area contributed by atoms with E-state index in [1.807, 2.05) is 21.1 Å². The van der Waals surface area contributed by atoms with Crippen LogP contribution in [0.3, 0.4) is 0 Å². The predicted molar refractivity (Wildman–Crippen MR) is 332 cm³/mol. The molecule has 0 rings (SSSR count). The number of unbranched alkanes of at least 4 members (excludes halogenated alkanes) is 46. The molecule has 8 nitrogen and oxygen atoms in total. The average Bonchev–Trinajstić information content (AvgIpc) is 3.38. The lowest BCUT2D eigenvalue weighted by atomic mass is 10.0. The Labute approximate surface area is 474 Å². The molecule has 0 radical (unpaired) electrons. The van der Waals surface area contributed by atoms with Crippen LogP contribution in [0.4, 0.5) is 0 Å². The Kier molecular flexibility index (Phi) is 57.8. The molecule has 9 heteroatoms. The Bertz CT molecular complexity index is 1290. The van der Waals surface area contributed by atoms with Gasteiger partial charge in [-0.05, 0) is 44.9 Å². The summed E-state index contributed by atoms with van der Waals surface area (Å²) >= 11 is 0. The molecule has 1 amide bonds. The highest BCUT2D eigenvalue weighted by Crippen LogP contribution is 2.43. The minimum Gasteiger partial charge on any atom is -0.391 e. The normalized spacial score (nSPS) is 13.8. The van der Waals surface area contributed by atoms with Gasteiger partial charge in [0.05, 0.1) is 39.9 Å². The smallest absolute Gasteiger partial charge is 0.391 e. The van der Waals surface area contributed by atoms with Gasteiger partial charge in [0, 0.05) is 6.42 Å². The maximum Gasteiger partial charge on any atom is 0.472 e. The SMILES string of the molecule is CCCCCCC/C=C\C/C=C\CCCCCCCCCCCCCCCCCCCCCCCCCC(=O)NC(COP(=O)(O)OCC[N+](C)(C)C)C(O)CCCCCCCCCCCCCCCCCCCCC. The van der Waals surface area contributed by atoms with Gasteiger partial charge in [0.15, 0.2) is 0 Å². The number of phosphoric acid groups is 1. The second-order valence-corrected chi connectivity index (χ2v) is 26.0. The van der Waals surface area contributed by atoms with Crippen LogP contribution in [0.2, 0.25) is 0 Å². The van der Waals surface area contributed by atoms with Crippen LogP contribution in [-0.4, -0.2) is 73.4 Å². The van der Waals surface area contributed by atoms with Crippen LogP contribution in [0.15, 0.2) is 24.3 Å². The molecule has 0 saturated heterocycles. The van der Waals surface area contributed by atoms with Crippen LogP contribution in [0.1, 0.15) is 348 Å². The zero-order valence-electron chi connectivity index (χ0n) is 51.8. The highest BCUT2D eigenvalue weighted by Gasteiger charge is 2.28. The molecule has 0 heterocycles. The molecule has 0 aliphatic carbocycles. The largest absolute Gasteiger partial charge is 0.472 e. The van der Waals surface area contributed by atoms with E-state index in [4.69, 9.17) is 9.05 Å². The maximum absolute atomic E-state index is 13.0. The third kappa shape index (κ3) is 60.6. The molecule has 3 N–H and O–H groups in total. The fourth-order valence-corrected chi connectivity index (χ4v) is 11.2. The summed E-state index contributed by atoms with van der Waals surface area (Å²) in [5.74, 6) is -0.136. The first-order valence-electron chi connectivity index (χ1n) is 33.7. The summed E-state index contributed by atoms with van der Waals surface area (Å²) in [7, 11) is 1.63. The van der Waals surface area contributed by atoms with E-state index < -0.39 is 20.0 Å². The van der Waals surface area contributed by atoms with Gasteiger partial charge in [-0.25, -0.2) is 4.57 Å². The molecule has 452 valence electrons. The van der Waals surface area contributed by atoms with E-state index in [0.717, 1.165) is 44.9 Å². The minimum absolute atomic E-state index is 0.0778. The third-order valence-electron chi connectivity index (χ3n) is 15.7. The van der Waals surface area contributed by atoms with Crippen LogP contribution in [0.25, 0.3) is 0 Å². The molecule has 0 aromatic rings. The number of phosphoric ester groups is 1. The summed E-state index contributed by atoms with van der Waals surface area (Å²) in [5.41, 5.74) is 0. The summed E-state index contributed by atoms with van der Waals surface area (Å²) in [6, 6.07) is -0.758. The number of amides is 1. The molecule has 0 fully saturated rings. The van der Waals surface area contributed by atoms with Crippen molar-refractivity contribution in [3.63, 3.8) is 0 Å². The summed E-state index contributed by atoms with van der Waals surface area (Å²) < 4.78 is 23.9. The van der Waals surface area contributed by atoms with Gasteiger partial charge in [-0.1, -0.05) is 321 Å². The van der Waals surface area contributed by atoms with Gasteiger partial charge in [-0.2, -0.15) is 0 Å². The van der Waals surface area contributed by atoms with E-state index >= 15 is 0 Å². The van der Waals surface area contributed by atoms with Crippen molar-refractivity contribution in [3.05, 3.63) is 24.3 Å². The van der Waals surface area contributed by atoms with Crippen molar-refractivity contribution in [2.75, 3.05) is 40.9 Å². The minimum atomic E-state index is -4.32. The number of aliphatic hydroxyl groups is 1. The van der Waals surface area contributed by atoms with Crippen LogP contribution in [-0.2, 0) is 18.4 Å². The molecule has 0 aromatic carbocycles. The molecule has 0 saturated carbocycles. The van der Waals surface area contributed by atoms with Gasteiger partial charge in [0.1, 0.15) is 13.2 Å². The van der Waals surface area contributed by atoms with Gasteiger partial charge in [-0.3, -0.25) is 13.8 Å².